The lowest BCUT2D eigenvalue weighted by Crippen LogP contribution is -2.26. The summed E-state index contributed by atoms with van der Waals surface area (Å²) in [4.78, 5) is 16.7. The fourth-order valence-electron chi connectivity index (χ4n) is 4.86. The molecule has 3 aromatic carbocycles. The van der Waals surface area contributed by atoms with Crippen molar-refractivity contribution in [2.45, 2.75) is 38.5 Å². The molecule has 0 spiro atoms. The van der Waals surface area contributed by atoms with Crippen LogP contribution in [0.4, 0.5) is 0 Å². The van der Waals surface area contributed by atoms with Gasteiger partial charge in [-0.25, -0.2) is 10.4 Å². The molecule has 4 aromatic rings. The van der Waals surface area contributed by atoms with Crippen molar-refractivity contribution in [1.29, 1.82) is 5.26 Å². The van der Waals surface area contributed by atoms with Gasteiger partial charge >= 0.3 is 0 Å². The Bertz CT molecular complexity index is 1530. The molecule has 1 saturated carbocycles. The Kier molecular flexibility index (Phi) is 4.77. The summed E-state index contributed by atoms with van der Waals surface area (Å²) in [5, 5.41) is 14.0. The summed E-state index contributed by atoms with van der Waals surface area (Å²) in [6.07, 6.45) is 3.34. The number of carbonyl (C=O) groups is 1. The van der Waals surface area contributed by atoms with E-state index in [0.717, 1.165) is 63.4 Å². The Morgan fingerprint density at radius 1 is 0.971 bits per heavy atom. The molecule has 34 heavy (non-hydrogen) atoms. The van der Waals surface area contributed by atoms with Gasteiger partial charge in [-0.3, -0.25) is 9.36 Å². The first-order valence-electron chi connectivity index (χ1n) is 11.6. The smallest absolute Gasteiger partial charge is 0.240 e. The fraction of sp³-hybridized carbons (Fsp3) is 0.214. The second kappa shape index (κ2) is 7.96. The van der Waals surface area contributed by atoms with E-state index in [4.69, 9.17) is 4.98 Å². The monoisotopic (exact) mass is 445 g/mol. The standard InChI is InChI=1S/C28H23N5O/c1-17-20(23-13-15-26(34)32-31-23)12-14-25-27(17)30-28(18-10-11-18)33(25)24-9-5-4-8-22(24)21-7-3-2-6-19(21)16-29/h2-9,12,14,18H,10-11,13,15H2,1H3,(H,32,34). The number of aryl methyl sites for hydroxylation is 1. The van der Waals surface area contributed by atoms with Gasteiger partial charge in [-0.2, -0.15) is 10.4 Å². The molecule has 1 N–H and O–H groups in total. The number of aromatic nitrogens is 2. The normalized spacial score (nSPS) is 15.6. The number of imidazole rings is 1. The van der Waals surface area contributed by atoms with E-state index in [0.29, 0.717) is 24.3 Å². The molecule has 0 radical (unpaired) electrons. The van der Waals surface area contributed by atoms with Gasteiger partial charge in [0.05, 0.1) is 34.1 Å². The average molecular weight is 446 g/mol. The third-order valence-corrected chi connectivity index (χ3v) is 6.75. The van der Waals surface area contributed by atoms with Crippen molar-refractivity contribution in [3.63, 3.8) is 0 Å². The van der Waals surface area contributed by atoms with Gasteiger partial charge in [-0.15, -0.1) is 0 Å². The first kappa shape index (κ1) is 20.4. The van der Waals surface area contributed by atoms with Gasteiger partial charge < -0.3 is 0 Å². The van der Waals surface area contributed by atoms with Gasteiger partial charge in [-0.05, 0) is 43.5 Å². The lowest BCUT2D eigenvalue weighted by Gasteiger charge is -2.16. The summed E-state index contributed by atoms with van der Waals surface area (Å²) < 4.78 is 2.28. The Balaban J connectivity index is 1.58. The zero-order chi connectivity index (χ0) is 23.2. The summed E-state index contributed by atoms with van der Waals surface area (Å²) in [6.45, 7) is 2.08. The topological polar surface area (TPSA) is 83.1 Å². The second-order valence-electron chi connectivity index (χ2n) is 8.95. The molecule has 1 amide bonds. The van der Waals surface area contributed by atoms with Gasteiger partial charge in [0.1, 0.15) is 5.82 Å². The lowest BCUT2D eigenvalue weighted by molar-refractivity contribution is -0.121. The summed E-state index contributed by atoms with van der Waals surface area (Å²) in [5.74, 6) is 1.45. The van der Waals surface area contributed by atoms with Crippen LogP contribution in [-0.4, -0.2) is 21.2 Å². The molecule has 1 aliphatic carbocycles. The maximum absolute atomic E-state index is 11.6. The van der Waals surface area contributed by atoms with E-state index in [9.17, 15) is 10.1 Å². The maximum atomic E-state index is 11.6. The van der Waals surface area contributed by atoms with E-state index in [1.165, 1.54) is 0 Å². The molecule has 6 nitrogen and oxygen atoms in total. The first-order valence-corrected chi connectivity index (χ1v) is 11.6. The van der Waals surface area contributed by atoms with Crippen LogP contribution in [0.15, 0.2) is 65.8 Å². The van der Waals surface area contributed by atoms with Crippen LogP contribution in [0.25, 0.3) is 27.8 Å². The maximum Gasteiger partial charge on any atom is 0.240 e. The van der Waals surface area contributed by atoms with E-state index in [-0.39, 0.29) is 5.91 Å². The second-order valence-corrected chi connectivity index (χ2v) is 8.95. The number of benzene rings is 3. The number of fused-ring (bicyclic) bond motifs is 1. The predicted octanol–water partition coefficient (Wildman–Crippen LogP) is 5.36. The molecule has 6 heteroatoms. The zero-order valence-electron chi connectivity index (χ0n) is 18.9. The van der Waals surface area contributed by atoms with Crippen LogP contribution in [0, 0.1) is 18.3 Å². The molecule has 166 valence electrons. The number of amides is 1. The minimum Gasteiger partial charge on any atom is -0.295 e. The summed E-state index contributed by atoms with van der Waals surface area (Å²) >= 11 is 0. The van der Waals surface area contributed by atoms with E-state index < -0.39 is 0 Å². The predicted molar refractivity (Wildman–Crippen MR) is 132 cm³/mol. The highest BCUT2D eigenvalue weighted by molar-refractivity contribution is 6.07. The Labute approximate surface area is 197 Å². The molecule has 6 rings (SSSR count). The van der Waals surface area contributed by atoms with Gasteiger partial charge in [0, 0.05) is 35.4 Å². The molecule has 2 heterocycles. The van der Waals surface area contributed by atoms with Gasteiger partial charge in [-0.1, -0.05) is 42.5 Å². The summed E-state index contributed by atoms with van der Waals surface area (Å²) in [7, 11) is 0. The van der Waals surface area contributed by atoms with Crippen molar-refractivity contribution >= 4 is 22.7 Å². The highest BCUT2D eigenvalue weighted by Crippen LogP contribution is 2.44. The molecule has 0 atom stereocenters. The third-order valence-electron chi connectivity index (χ3n) is 6.75. The zero-order valence-corrected chi connectivity index (χ0v) is 18.9. The molecular weight excluding hydrogens is 422 g/mol. The number of nitriles is 1. The Morgan fingerprint density at radius 2 is 1.74 bits per heavy atom. The summed E-state index contributed by atoms with van der Waals surface area (Å²) in [6, 6.07) is 22.5. The molecule has 0 saturated heterocycles. The number of nitrogens with one attached hydrogen (secondary N) is 1. The van der Waals surface area contributed by atoms with E-state index in [2.05, 4.69) is 52.4 Å². The van der Waals surface area contributed by atoms with Crippen molar-refractivity contribution in [2.24, 2.45) is 5.10 Å². The van der Waals surface area contributed by atoms with Gasteiger partial charge in [0.2, 0.25) is 5.91 Å². The van der Waals surface area contributed by atoms with Crippen LogP contribution >= 0.6 is 0 Å². The van der Waals surface area contributed by atoms with Gasteiger partial charge in [0.25, 0.3) is 0 Å². The van der Waals surface area contributed by atoms with Gasteiger partial charge in [0.15, 0.2) is 0 Å². The van der Waals surface area contributed by atoms with Crippen LogP contribution < -0.4 is 5.43 Å². The van der Waals surface area contributed by atoms with Crippen molar-refractivity contribution in [3.05, 3.63) is 83.2 Å². The number of hydrogen-bond donors (Lipinski definition) is 1. The number of hydrazone groups is 1. The number of rotatable bonds is 4. The van der Waals surface area contributed by atoms with Crippen molar-refractivity contribution in [2.75, 3.05) is 0 Å². The molecule has 0 unspecified atom stereocenters. The summed E-state index contributed by atoms with van der Waals surface area (Å²) in [5.41, 5.74) is 11.2. The number of carbonyl (C=O) groups excluding carboxylic acids is 1. The minimum atomic E-state index is -0.0444. The van der Waals surface area contributed by atoms with E-state index >= 15 is 0 Å². The third kappa shape index (κ3) is 3.29. The molecule has 1 aromatic heterocycles. The van der Waals surface area contributed by atoms with E-state index in [1.54, 1.807) is 0 Å². The number of hydrogen-bond acceptors (Lipinski definition) is 4. The molecule has 2 aliphatic rings. The van der Waals surface area contributed by atoms with Crippen LogP contribution in [0.5, 0.6) is 0 Å². The highest BCUT2D eigenvalue weighted by Gasteiger charge is 2.31. The minimum absolute atomic E-state index is 0.0444. The average Bonchev–Trinajstić information content (AvgIpc) is 3.65. The lowest BCUT2D eigenvalue weighted by atomic mass is 9.97. The SMILES string of the molecule is Cc1c(C2=NNC(=O)CC2)ccc2c1nc(C1CC1)n2-c1ccccc1-c1ccccc1C#N. The first-order chi connectivity index (χ1) is 16.7. The number of nitrogens with zero attached hydrogens (tertiary/aromatic N) is 4. The molecule has 0 bridgehead atoms. The van der Waals surface area contributed by atoms with Crippen molar-refractivity contribution in [1.82, 2.24) is 15.0 Å². The number of para-hydroxylation sites is 1. The molecular formula is C28H23N5O. The largest absolute Gasteiger partial charge is 0.295 e. The highest BCUT2D eigenvalue weighted by atomic mass is 16.2. The Morgan fingerprint density at radius 3 is 2.47 bits per heavy atom. The van der Waals surface area contributed by atoms with Crippen molar-refractivity contribution < 1.29 is 4.79 Å². The van der Waals surface area contributed by atoms with Crippen molar-refractivity contribution in [3.8, 4) is 22.9 Å². The van der Waals surface area contributed by atoms with E-state index in [1.807, 2.05) is 36.4 Å². The van der Waals surface area contributed by atoms with Crippen LogP contribution in [0.1, 0.15) is 54.1 Å². The molecule has 1 aliphatic heterocycles. The van der Waals surface area contributed by atoms with Crippen LogP contribution in [-0.2, 0) is 4.79 Å². The fourth-order valence-corrected chi connectivity index (χ4v) is 4.86. The molecule has 1 fully saturated rings. The van der Waals surface area contributed by atoms with Crippen LogP contribution in [0.2, 0.25) is 0 Å². The van der Waals surface area contributed by atoms with Crippen LogP contribution in [0.3, 0.4) is 0 Å². The quantitative estimate of drug-likeness (QED) is 0.459. The Hall–Kier alpha value is -4.24.